The first kappa shape index (κ1) is 10.2. The van der Waals surface area contributed by atoms with Gasteiger partial charge in [-0.15, -0.1) is 0 Å². The van der Waals surface area contributed by atoms with Gasteiger partial charge in [-0.25, -0.2) is 4.21 Å². The van der Waals surface area contributed by atoms with Gasteiger partial charge in [0.25, 0.3) is 0 Å². The van der Waals surface area contributed by atoms with E-state index in [1.807, 2.05) is 12.1 Å². The SMILES string of the molecule is COc1ccc(OC)c2c1SS(=O)S2. The number of hydrogen-bond donors (Lipinski definition) is 0. The Morgan fingerprint density at radius 3 is 1.86 bits per heavy atom. The van der Waals surface area contributed by atoms with Crippen molar-refractivity contribution in [1.82, 2.24) is 0 Å². The second-order valence-corrected chi connectivity index (χ2v) is 7.51. The molecule has 0 spiro atoms. The molecule has 0 N–H and O–H groups in total. The average molecular weight is 248 g/mol. The summed E-state index contributed by atoms with van der Waals surface area (Å²) in [6.07, 6.45) is 0. The molecule has 3 nitrogen and oxygen atoms in total. The molecular formula is C8H8O3S3. The Morgan fingerprint density at radius 2 is 1.50 bits per heavy atom. The molecule has 1 aromatic carbocycles. The highest BCUT2D eigenvalue weighted by molar-refractivity contribution is 9.03. The minimum atomic E-state index is -0.970. The molecule has 1 aliphatic heterocycles. The minimum absolute atomic E-state index is 0.754. The Bertz CT molecular complexity index is 357. The fourth-order valence-corrected chi connectivity index (χ4v) is 6.29. The third-order valence-electron chi connectivity index (χ3n) is 1.78. The molecule has 0 bridgehead atoms. The highest BCUT2D eigenvalue weighted by atomic mass is 33.5. The van der Waals surface area contributed by atoms with Crippen LogP contribution in [0.1, 0.15) is 0 Å². The quantitative estimate of drug-likeness (QED) is 0.751. The van der Waals surface area contributed by atoms with E-state index in [4.69, 9.17) is 9.47 Å². The minimum Gasteiger partial charge on any atom is -0.496 e. The highest BCUT2D eigenvalue weighted by Crippen LogP contribution is 2.54. The average Bonchev–Trinajstić information content (AvgIpc) is 2.57. The first-order valence-electron chi connectivity index (χ1n) is 3.79. The zero-order chi connectivity index (χ0) is 10.1. The summed E-state index contributed by atoms with van der Waals surface area (Å²) >= 11 is 0. The van der Waals surface area contributed by atoms with Crippen LogP contribution >= 0.6 is 21.6 Å². The third kappa shape index (κ3) is 1.62. The lowest BCUT2D eigenvalue weighted by atomic mass is 10.3. The lowest BCUT2D eigenvalue weighted by Gasteiger charge is -2.07. The standard InChI is InChI=1S/C8H8O3S3/c1-10-5-3-4-6(11-2)8-7(5)12-14(9)13-8/h3-4H,1-2H3. The van der Waals surface area contributed by atoms with Crippen molar-refractivity contribution in [3.05, 3.63) is 12.1 Å². The number of rotatable bonds is 2. The van der Waals surface area contributed by atoms with Crippen molar-refractivity contribution in [2.75, 3.05) is 14.2 Å². The van der Waals surface area contributed by atoms with E-state index in [9.17, 15) is 4.21 Å². The van der Waals surface area contributed by atoms with Crippen LogP contribution in [0.15, 0.2) is 21.9 Å². The summed E-state index contributed by atoms with van der Waals surface area (Å²) in [6, 6.07) is 3.65. The van der Waals surface area contributed by atoms with Crippen molar-refractivity contribution >= 4 is 30.5 Å². The van der Waals surface area contributed by atoms with Gasteiger partial charge in [-0.2, -0.15) is 0 Å². The molecule has 0 fully saturated rings. The molecule has 0 amide bonds. The van der Waals surface area contributed by atoms with Crippen LogP contribution in [-0.2, 0) is 8.86 Å². The molecule has 0 atom stereocenters. The molecule has 1 aliphatic rings. The van der Waals surface area contributed by atoms with Gasteiger partial charge in [-0.05, 0) is 33.7 Å². The van der Waals surface area contributed by atoms with E-state index in [1.165, 1.54) is 21.6 Å². The van der Waals surface area contributed by atoms with E-state index >= 15 is 0 Å². The van der Waals surface area contributed by atoms with E-state index < -0.39 is 8.86 Å². The first-order valence-corrected chi connectivity index (χ1v) is 7.61. The van der Waals surface area contributed by atoms with Crippen molar-refractivity contribution in [2.45, 2.75) is 9.79 Å². The van der Waals surface area contributed by atoms with Crippen LogP contribution in [0, 0.1) is 0 Å². The maximum atomic E-state index is 11.4. The lowest BCUT2D eigenvalue weighted by molar-refractivity contribution is 0.384. The summed E-state index contributed by atoms with van der Waals surface area (Å²) in [5, 5.41) is 0. The molecule has 1 heterocycles. The number of ether oxygens (including phenoxy) is 2. The fourth-order valence-electron chi connectivity index (χ4n) is 1.16. The summed E-state index contributed by atoms with van der Waals surface area (Å²) in [5.41, 5.74) is 0. The Kier molecular flexibility index (Phi) is 2.94. The van der Waals surface area contributed by atoms with Gasteiger partial charge in [0.1, 0.15) is 11.5 Å². The van der Waals surface area contributed by atoms with Gasteiger partial charge >= 0.3 is 0 Å². The molecule has 0 aromatic heterocycles. The number of fused-ring (bicyclic) bond motifs is 1. The Balaban J connectivity index is 2.55. The number of methoxy groups -OCH3 is 2. The molecule has 6 heteroatoms. The number of hydrogen-bond acceptors (Lipinski definition) is 5. The van der Waals surface area contributed by atoms with E-state index in [0.29, 0.717) is 0 Å². The summed E-state index contributed by atoms with van der Waals surface area (Å²) in [4.78, 5) is 1.82. The second-order valence-electron chi connectivity index (χ2n) is 2.50. The predicted octanol–water partition coefficient (Wildman–Crippen LogP) is 2.48. The van der Waals surface area contributed by atoms with Crippen LogP contribution in [0.3, 0.4) is 0 Å². The Hall–Kier alpha value is -0.330. The summed E-state index contributed by atoms with van der Waals surface area (Å²) in [5.74, 6) is 1.51. The predicted molar refractivity (Wildman–Crippen MR) is 59.4 cm³/mol. The molecule has 0 unspecified atom stereocenters. The Morgan fingerprint density at radius 1 is 1.07 bits per heavy atom. The van der Waals surface area contributed by atoms with Crippen molar-refractivity contribution in [1.29, 1.82) is 0 Å². The van der Waals surface area contributed by atoms with Crippen LogP contribution in [0.2, 0.25) is 0 Å². The van der Waals surface area contributed by atoms with E-state index in [2.05, 4.69) is 0 Å². The van der Waals surface area contributed by atoms with E-state index in [-0.39, 0.29) is 0 Å². The zero-order valence-corrected chi connectivity index (χ0v) is 10.1. The van der Waals surface area contributed by atoms with E-state index in [1.54, 1.807) is 14.2 Å². The van der Waals surface area contributed by atoms with Crippen molar-refractivity contribution < 1.29 is 13.7 Å². The van der Waals surface area contributed by atoms with E-state index in [0.717, 1.165) is 21.3 Å². The maximum Gasteiger partial charge on any atom is 0.151 e. The molecule has 76 valence electrons. The van der Waals surface area contributed by atoms with Gasteiger partial charge in [0.15, 0.2) is 8.86 Å². The van der Waals surface area contributed by atoms with Crippen molar-refractivity contribution in [2.24, 2.45) is 0 Å². The van der Waals surface area contributed by atoms with Crippen molar-refractivity contribution in [3.8, 4) is 11.5 Å². The number of benzene rings is 1. The molecule has 0 saturated heterocycles. The van der Waals surface area contributed by atoms with Gasteiger partial charge < -0.3 is 9.47 Å². The Labute approximate surface area is 91.8 Å². The van der Waals surface area contributed by atoms with Gasteiger partial charge in [0.05, 0.1) is 24.0 Å². The first-order chi connectivity index (χ1) is 6.76. The lowest BCUT2D eigenvalue weighted by Crippen LogP contribution is -1.89. The van der Waals surface area contributed by atoms with Gasteiger partial charge in [0.2, 0.25) is 0 Å². The molecule has 0 aliphatic carbocycles. The summed E-state index contributed by atoms with van der Waals surface area (Å²) in [7, 11) is 4.85. The smallest absolute Gasteiger partial charge is 0.151 e. The van der Waals surface area contributed by atoms with Gasteiger partial charge in [0, 0.05) is 0 Å². The molecule has 1 aromatic rings. The van der Waals surface area contributed by atoms with Crippen LogP contribution in [0.4, 0.5) is 0 Å². The van der Waals surface area contributed by atoms with Crippen LogP contribution in [0.5, 0.6) is 11.5 Å². The molecule has 0 saturated carbocycles. The maximum absolute atomic E-state index is 11.4. The largest absolute Gasteiger partial charge is 0.496 e. The molecule has 2 rings (SSSR count). The van der Waals surface area contributed by atoms with Crippen LogP contribution < -0.4 is 9.47 Å². The highest BCUT2D eigenvalue weighted by Gasteiger charge is 2.27. The topological polar surface area (TPSA) is 35.5 Å². The van der Waals surface area contributed by atoms with Gasteiger partial charge in [-0.3, -0.25) is 0 Å². The zero-order valence-electron chi connectivity index (χ0n) is 7.60. The van der Waals surface area contributed by atoms with Gasteiger partial charge in [-0.1, -0.05) is 0 Å². The van der Waals surface area contributed by atoms with Crippen LogP contribution in [-0.4, -0.2) is 18.4 Å². The van der Waals surface area contributed by atoms with Crippen LogP contribution in [0.25, 0.3) is 0 Å². The molecular weight excluding hydrogens is 240 g/mol. The summed E-state index contributed by atoms with van der Waals surface area (Å²) < 4.78 is 21.7. The molecule has 0 radical (unpaired) electrons. The normalized spacial score (nSPS) is 15.3. The monoisotopic (exact) mass is 248 g/mol. The second kappa shape index (κ2) is 4.04. The summed E-state index contributed by atoms with van der Waals surface area (Å²) in [6.45, 7) is 0. The van der Waals surface area contributed by atoms with Crippen molar-refractivity contribution in [3.63, 3.8) is 0 Å². The molecule has 14 heavy (non-hydrogen) atoms. The fraction of sp³-hybridized carbons (Fsp3) is 0.250. The third-order valence-corrected chi connectivity index (χ3v) is 6.37.